The highest BCUT2D eigenvalue weighted by atomic mass is 32.2. The van der Waals surface area contributed by atoms with Crippen LogP contribution in [0, 0.1) is 0 Å². The number of hydrogen-bond donors (Lipinski definition) is 2. The summed E-state index contributed by atoms with van der Waals surface area (Å²) in [4.78, 5) is 3.42. The number of hydrogen-bond acceptors (Lipinski definition) is 5. The quantitative estimate of drug-likeness (QED) is 0.294. The van der Waals surface area contributed by atoms with E-state index in [2.05, 4.69) is 30.0 Å². The molecule has 1 saturated heterocycles. The van der Waals surface area contributed by atoms with Crippen LogP contribution in [0.3, 0.4) is 0 Å². The van der Waals surface area contributed by atoms with E-state index >= 15 is 0 Å². The standard InChI is InChI=1S/C14H21N3OS2/c1-3-19-12-6-4-5-11(13(12)14(15)16-18)17-7-8-20-10(2)9-17/h4-6,10,18H,3,7-9H2,1-2H3,(H2,15,16). The Morgan fingerprint density at radius 2 is 2.40 bits per heavy atom. The summed E-state index contributed by atoms with van der Waals surface area (Å²) in [6.45, 7) is 6.34. The van der Waals surface area contributed by atoms with Gasteiger partial charge in [0.1, 0.15) is 0 Å². The number of anilines is 1. The van der Waals surface area contributed by atoms with Gasteiger partial charge in [0.2, 0.25) is 0 Å². The average Bonchev–Trinajstić information content (AvgIpc) is 2.46. The van der Waals surface area contributed by atoms with Crippen LogP contribution < -0.4 is 10.6 Å². The molecule has 1 unspecified atom stereocenters. The molecule has 1 atom stereocenters. The van der Waals surface area contributed by atoms with Crippen molar-refractivity contribution >= 4 is 35.0 Å². The Labute approximate surface area is 128 Å². The zero-order chi connectivity index (χ0) is 14.5. The second-order valence-electron chi connectivity index (χ2n) is 4.70. The Balaban J connectivity index is 2.43. The van der Waals surface area contributed by atoms with Gasteiger partial charge in [-0.3, -0.25) is 0 Å². The summed E-state index contributed by atoms with van der Waals surface area (Å²) >= 11 is 3.71. The molecule has 2 rings (SSSR count). The first-order valence-electron chi connectivity index (χ1n) is 6.77. The van der Waals surface area contributed by atoms with Crippen molar-refractivity contribution in [3.8, 4) is 0 Å². The molecule has 1 aliphatic rings. The fourth-order valence-corrected chi connectivity index (χ4v) is 4.26. The van der Waals surface area contributed by atoms with Crippen molar-refractivity contribution in [1.29, 1.82) is 0 Å². The number of nitrogens with zero attached hydrogens (tertiary/aromatic N) is 2. The third-order valence-electron chi connectivity index (χ3n) is 3.25. The zero-order valence-corrected chi connectivity index (χ0v) is 13.5. The molecule has 0 saturated carbocycles. The lowest BCUT2D eigenvalue weighted by atomic mass is 10.1. The van der Waals surface area contributed by atoms with Crippen molar-refractivity contribution in [2.45, 2.75) is 24.0 Å². The van der Waals surface area contributed by atoms with Crippen molar-refractivity contribution in [3.05, 3.63) is 23.8 Å². The first-order chi connectivity index (χ1) is 9.67. The van der Waals surface area contributed by atoms with Crippen LogP contribution in [0.1, 0.15) is 19.4 Å². The number of amidine groups is 1. The SMILES string of the molecule is CCSc1cccc(N2CCSC(C)C2)c1/C(N)=N/O. The Bertz CT molecular complexity index is 493. The van der Waals surface area contributed by atoms with Gasteiger partial charge in [-0.2, -0.15) is 11.8 Å². The molecule has 0 bridgehead atoms. The van der Waals surface area contributed by atoms with Crippen molar-refractivity contribution in [3.63, 3.8) is 0 Å². The molecule has 20 heavy (non-hydrogen) atoms. The molecule has 1 heterocycles. The lowest BCUT2D eigenvalue weighted by Crippen LogP contribution is -2.38. The second kappa shape index (κ2) is 7.13. The normalized spacial score (nSPS) is 20.2. The Hall–Kier alpha value is -1.01. The third-order valence-corrected chi connectivity index (χ3v) is 5.33. The van der Waals surface area contributed by atoms with Crippen molar-refractivity contribution in [2.24, 2.45) is 10.9 Å². The van der Waals surface area contributed by atoms with Gasteiger partial charge in [0.05, 0.1) is 5.56 Å². The maximum Gasteiger partial charge on any atom is 0.173 e. The van der Waals surface area contributed by atoms with E-state index in [1.807, 2.05) is 23.9 Å². The van der Waals surface area contributed by atoms with E-state index in [0.29, 0.717) is 5.25 Å². The van der Waals surface area contributed by atoms with Crippen molar-refractivity contribution < 1.29 is 5.21 Å². The molecule has 1 aromatic carbocycles. The van der Waals surface area contributed by atoms with Gasteiger partial charge in [0, 0.05) is 34.7 Å². The van der Waals surface area contributed by atoms with Crippen molar-refractivity contribution in [2.75, 3.05) is 29.5 Å². The van der Waals surface area contributed by atoms with E-state index in [-0.39, 0.29) is 5.84 Å². The maximum atomic E-state index is 9.09. The summed E-state index contributed by atoms with van der Waals surface area (Å²) in [5, 5.41) is 12.9. The topological polar surface area (TPSA) is 61.8 Å². The van der Waals surface area contributed by atoms with Gasteiger partial charge < -0.3 is 15.8 Å². The number of nitrogens with two attached hydrogens (primary N) is 1. The molecule has 1 aliphatic heterocycles. The van der Waals surface area contributed by atoms with Crippen LogP contribution in [-0.2, 0) is 0 Å². The van der Waals surface area contributed by atoms with Crippen LogP contribution in [0.2, 0.25) is 0 Å². The zero-order valence-electron chi connectivity index (χ0n) is 11.9. The summed E-state index contributed by atoms with van der Waals surface area (Å²) in [5.74, 6) is 2.27. The molecular weight excluding hydrogens is 290 g/mol. The highest BCUT2D eigenvalue weighted by Gasteiger charge is 2.22. The molecule has 1 fully saturated rings. The second-order valence-corrected chi connectivity index (χ2v) is 7.55. The minimum Gasteiger partial charge on any atom is -0.409 e. The molecule has 110 valence electrons. The molecule has 1 aromatic rings. The summed E-state index contributed by atoms with van der Waals surface area (Å²) in [7, 11) is 0. The molecule has 0 radical (unpaired) electrons. The lowest BCUT2D eigenvalue weighted by Gasteiger charge is -2.34. The molecule has 0 aliphatic carbocycles. The van der Waals surface area contributed by atoms with Gasteiger partial charge in [-0.25, -0.2) is 0 Å². The Kier molecular flexibility index (Phi) is 5.48. The van der Waals surface area contributed by atoms with Crippen molar-refractivity contribution in [1.82, 2.24) is 0 Å². The first kappa shape index (κ1) is 15.4. The molecule has 4 nitrogen and oxygen atoms in total. The van der Waals surface area contributed by atoms with Gasteiger partial charge in [-0.05, 0) is 17.9 Å². The molecular formula is C14H21N3OS2. The number of benzene rings is 1. The smallest absolute Gasteiger partial charge is 0.173 e. The monoisotopic (exact) mass is 311 g/mol. The predicted octanol–water partition coefficient (Wildman–Crippen LogP) is 2.83. The lowest BCUT2D eigenvalue weighted by molar-refractivity contribution is 0.318. The number of oxime groups is 1. The third kappa shape index (κ3) is 3.35. The minimum absolute atomic E-state index is 0.197. The summed E-state index contributed by atoms with van der Waals surface area (Å²) in [6, 6.07) is 6.15. The van der Waals surface area contributed by atoms with E-state index in [9.17, 15) is 0 Å². The average molecular weight is 311 g/mol. The van der Waals surface area contributed by atoms with E-state index in [1.165, 1.54) is 0 Å². The summed E-state index contributed by atoms with van der Waals surface area (Å²) < 4.78 is 0. The molecule has 6 heteroatoms. The largest absolute Gasteiger partial charge is 0.409 e. The van der Waals surface area contributed by atoms with Gasteiger partial charge in [-0.15, -0.1) is 11.8 Å². The Morgan fingerprint density at radius 3 is 3.05 bits per heavy atom. The van der Waals surface area contributed by atoms with Crippen LogP contribution in [0.4, 0.5) is 5.69 Å². The maximum absolute atomic E-state index is 9.09. The molecule has 0 amide bonds. The highest BCUT2D eigenvalue weighted by Crippen LogP contribution is 2.33. The van der Waals surface area contributed by atoms with E-state index in [0.717, 1.165) is 40.7 Å². The minimum atomic E-state index is 0.197. The van der Waals surface area contributed by atoms with Gasteiger partial charge in [0.15, 0.2) is 5.84 Å². The number of rotatable bonds is 4. The summed E-state index contributed by atoms with van der Waals surface area (Å²) in [6.07, 6.45) is 0. The van der Waals surface area contributed by atoms with Gasteiger partial charge in [-0.1, -0.05) is 25.1 Å². The van der Waals surface area contributed by atoms with E-state index < -0.39 is 0 Å². The fourth-order valence-electron chi connectivity index (χ4n) is 2.40. The van der Waals surface area contributed by atoms with E-state index in [4.69, 9.17) is 10.9 Å². The van der Waals surface area contributed by atoms with Crippen LogP contribution in [0.15, 0.2) is 28.3 Å². The highest BCUT2D eigenvalue weighted by molar-refractivity contribution is 8.00. The molecule has 3 N–H and O–H groups in total. The fraction of sp³-hybridized carbons (Fsp3) is 0.500. The summed E-state index contributed by atoms with van der Waals surface area (Å²) in [5.41, 5.74) is 7.86. The Morgan fingerprint density at radius 1 is 1.60 bits per heavy atom. The van der Waals surface area contributed by atoms with Crippen LogP contribution in [0.5, 0.6) is 0 Å². The van der Waals surface area contributed by atoms with Gasteiger partial charge >= 0.3 is 0 Å². The number of thioether (sulfide) groups is 2. The van der Waals surface area contributed by atoms with Crippen LogP contribution >= 0.6 is 23.5 Å². The predicted molar refractivity (Wildman–Crippen MR) is 89.5 cm³/mol. The molecule has 0 aromatic heterocycles. The molecule has 0 spiro atoms. The van der Waals surface area contributed by atoms with E-state index in [1.54, 1.807) is 11.8 Å². The first-order valence-corrected chi connectivity index (χ1v) is 8.81. The van der Waals surface area contributed by atoms with Crippen LogP contribution in [-0.4, -0.2) is 40.9 Å². The van der Waals surface area contributed by atoms with Crippen LogP contribution in [0.25, 0.3) is 0 Å². The van der Waals surface area contributed by atoms with Gasteiger partial charge in [0.25, 0.3) is 0 Å².